The summed E-state index contributed by atoms with van der Waals surface area (Å²) in [6, 6.07) is 2.64. The minimum atomic E-state index is 0.604. The molecule has 0 bridgehead atoms. The lowest BCUT2D eigenvalue weighted by atomic mass is 10.0. The summed E-state index contributed by atoms with van der Waals surface area (Å²) in [6.45, 7) is 3.80. The van der Waals surface area contributed by atoms with E-state index in [4.69, 9.17) is 0 Å². The second-order valence-corrected chi connectivity index (χ2v) is 6.42. The molecular formula is C13H21N3S. The van der Waals surface area contributed by atoms with Crippen LogP contribution in [0, 0.1) is 5.92 Å². The van der Waals surface area contributed by atoms with Crippen molar-refractivity contribution < 1.29 is 0 Å². The predicted octanol–water partition coefficient (Wildman–Crippen LogP) is 2.27. The van der Waals surface area contributed by atoms with Crippen LogP contribution in [0.5, 0.6) is 0 Å². The van der Waals surface area contributed by atoms with Crippen LogP contribution in [0.25, 0.3) is 0 Å². The Morgan fingerprint density at radius 3 is 3.12 bits per heavy atom. The summed E-state index contributed by atoms with van der Waals surface area (Å²) < 4.78 is 2.15. The molecular weight excluding hydrogens is 230 g/mol. The van der Waals surface area contributed by atoms with E-state index in [0.717, 1.165) is 5.92 Å². The van der Waals surface area contributed by atoms with Gasteiger partial charge in [0.2, 0.25) is 0 Å². The molecule has 1 aromatic heterocycles. The van der Waals surface area contributed by atoms with E-state index in [1.165, 1.54) is 50.4 Å². The van der Waals surface area contributed by atoms with Gasteiger partial charge < -0.3 is 4.90 Å². The van der Waals surface area contributed by atoms with Crippen molar-refractivity contribution in [2.45, 2.75) is 25.3 Å². The molecule has 1 aromatic rings. The minimum absolute atomic E-state index is 0.604. The molecule has 2 aliphatic heterocycles. The Hall–Kier alpha value is -0.480. The number of hydrogen-bond donors (Lipinski definition) is 0. The van der Waals surface area contributed by atoms with E-state index >= 15 is 0 Å². The molecule has 0 amide bonds. The highest BCUT2D eigenvalue weighted by molar-refractivity contribution is 7.99. The van der Waals surface area contributed by atoms with Crippen LogP contribution in [0.3, 0.4) is 0 Å². The summed E-state index contributed by atoms with van der Waals surface area (Å²) in [5.74, 6) is 3.70. The lowest BCUT2D eigenvalue weighted by Crippen LogP contribution is -2.39. The molecule has 0 aliphatic carbocycles. The summed E-state index contributed by atoms with van der Waals surface area (Å²) in [5.41, 5.74) is 0. The maximum absolute atomic E-state index is 4.39. The normalized spacial score (nSPS) is 30.8. The zero-order valence-corrected chi connectivity index (χ0v) is 11.1. The fourth-order valence-corrected chi connectivity index (χ4v) is 4.27. The van der Waals surface area contributed by atoms with Crippen molar-refractivity contribution in [2.75, 3.05) is 31.1 Å². The first kappa shape index (κ1) is 11.6. The third-order valence-electron chi connectivity index (χ3n) is 3.92. The van der Waals surface area contributed by atoms with Crippen LogP contribution >= 0.6 is 11.8 Å². The van der Waals surface area contributed by atoms with Gasteiger partial charge in [0.15, 0.2) is 0 Å². The maximum Gasteiger partial charge on any atom is 0.0646 e. The molecule has 2 saturated heterocycles. The Labute approximate surface area is 108 Å². The van der Waals surface area contributed by atoms with Crippen LogP contribution < -0.4 is 0 Å². The molecule has 0 saturated carbocycles. The molecule has 2 aliphatic rings. The Balaban J connectivity index is 1.56. The molecule has 2 atom stereocenters. The van der Waals surface area contributed by atoms with Gasteiger partial charge in [0.25, 0.3) is 0 Å². The van der Waals surface area contributed by atoms with Crippen LogP contribution in [0.1, 0.15) is 25.3 Å². The molecule has 2 fully saturated rings. The van der Waals surface area contributed by atoms with Crippen molar-refractivity contribution in [3.05, 3.63) is 18.5 Å². The standard InChI is InChI=1S/C13H21N3S/c1-3-13(16-7-2-5-14-16)10-15(6-1)9-12-4-8-17-11-12/h2,5,7,12-13H,1,3-4,6,8-11H2. The van der Waals surface area contributed by atoms with Gasteiger partial charge in [-0.15, -0.1) is 0 Å². The average molecular weight is 251 g/mol. The second kappa shape index (κ2) is 5.44. The summed E-state index contributed by atoms with van der Waals surface area (Å²) >= 11 is 2.13. The predicted molar refractivity (Wildman–Crippen MR) is 72.4 cm³/mol. The monoisotopic (exact) mass is 251 g/mol. The summed E-state index contributed by atoms with van der Waals surface area (Å²) in [4.78, 5) is 2.66. The Morgan fingerprint density at radius 2 is 2.35 bits per heavy atom. The minimum Gasteiger partial charge on any atom is -0.301 e. The maximum atomic E-state index is 4.39. The van der Waals surface area contributed by atoms with Gasteiger partial charge in [0, 0.05) is 25.5 Å². The molecule has 0 N–H and O–H groups in total. The number of rotatable bonds is 3. The van der Waals surface area contributed by atoms with E-state index in [2.05, 4.69) is 32.6 Å². The zero-order chi connectivity index (χ0) is 11.5. The molecule has 0 radical (unpaired) electrons. The number of nitrogens with zero attached hydrogens (tertiary/aromatic N) is 3. The molecule has 4 heteroatoms. The molecule has 0 spiro atoms. The van der Waals surface area contributed by atoms with Gasteiger partial charge in [0.05, 0.1) is 6.04 Å². The molecule has 3 heterocycles. The number of thioether (sulfide) groups is 1. The van der Waals surface area contributed by atoms with Crippen molar-refractivity contribution in [1.29, 1.82) is 0 Å². The Bertz CT molecular complexity index is 332. The van der Waals surface area contributed by atoms with E-state index in [9.17, 15) is 0 Å². The quantitative estimate of drug-likeness (QED) is 0.822. The SMILES string of the molecule is c1cnn(C2CCCN(CC3CCSC3)C2)c1. The van der Waals surface area contributed by atoms with E-state index in [1.807, 2.05) is 12.3 Å². The number of hydrogen-bond acceptors (Lipinski definition) is 3. The van der Waals surface area contributed by atoms with Crippen molar-refractivity contribution in [2.24, 2.45) is 5.92 Å². The van der Waals surface area contributed by atoms with Crippen molar-refractivity contribution in [3.63, 3.8) is 0 Å². The van der Waals surface area contributed by atoms with Gasteiger partial charge in [-0.2, -0.15) is 16.9 Å². The van der Waals surface area contributed by atoms with E-state index in [-0.39, 0.29) is 0 Å². The summed E-state index contributed by atoms with van der Waals surface area (Å²) in [6.07, 6.45) is 8.04. The summed E-state index contributed by atoms with van der Waals surface area (Å²) in [5, 5.41) is 4.39. The van der Waals surface area contributed by atoms with Gasteiger partial charge in [0.1, 0.15) is 0 Å². The van der Waals surface area contributed by atoms with Gasteiger partial charge in [-0.3, -0.25) is 4.68 Å². The fraction of sp³-hybridized carbons (Fsp3) is 0.769. The molecule has 17 heavy (non-hydrogen) atoms. The third kappa shape index (κ3) is 2.86. The van der Waals surface area contributed by atoms with Gasteiger partial charge in [-0.1, -0.05) is 0 Å². The molecule has 3 nitrogen and oxygen atoms in total. The number of piperidine rings is 1. The van der Waals surface area contributed by atoms with E-state index in [1.54, 1.807) is 0 Å². The largest absolute Gasteiger partial charge is 0.301 e. The lowest BCUT2D eigenvalue weighted by Gasteiger charge is -2.34. The van der Waals surface area contributed by atoms with Gasteiger partial charge in [-0.05, 0) is 49.3 Å². The van der Waals surface area contributed by atoms with Crippen LogP contribution in [0.4, 0.5) is 0 Å². The molecule has 2 unspecified atom stereocenters. The first-order valence-electron chi connectivity index (χ1n) is 6.71. The van der Waals surface area contributed by atoms with E-state index < -0.39 is 0 Å². The third-order valence-corrected chi connectivity index (χ3v) is 5.15. The van der Waals surface area contributed by atoms with Crippen LogP contribution in [-0.4, -0.2) is 45.8 Å². The van der Waals surface area contributed by atoms with E-state index in [0.29, 0.717) is 6.04 Å². The first-order valence-corrected chi connectivity index (χ1v) is 7.86. The van der Waals surface area contributed by atoms with Crippen LogP contribution in [0.2, 0.25) is 0 Å². The van der Waals surface area contributed by atoms with Gasteiger partial charge >= 0.3 is 0 Å². The highest BCUT2D eigenvalue weighted by Crippen LogP contribution is 2.27. The fourth-order valence-electron chi connectivity index (χ4n) is 3.00. The van der Waals surface area contributed by atoms with Crippen LogP contribution in [0.15, 0.2) is 18.5 Å². The highest BCUT2D eigenvalue weighted by atomic mass is 32.2. The Kier molecular flexibility index (Phi) is 3.71. The van der Waals surface area contributed by atoms with Crippen molar-refractivity contribution in [1.82, 2.24) is 14.7 Å². The van der Waals surface area contributed by atoms with Gasteiger partial charge in [-0.25, -0.2) is 0 Å². The average Bonchev–Trinajstić information content (AvgIpc) is 3.01. The molecule has 3 rings (SSSR count). The molecule has 0 aromatic carbocycles. The highest BCUT2D eigenvalue weighted by Gasteiger charge is 2.25. The van der Waals surface area contributed by atoms with Crippen molar-refractivity contribution >= 4 is 11.8 Å². The summed E-state index contributed by atoms with van der Waals surface area (Å²) in [7, 11) is 0. The lowest BCUT2D eigenvalue weighted by molar-refractivity contribution is 0.153. The Morgan fingerprint density at radius 1 is 1.35 bits per heavy atom. The number of likely N-dealkylation sites (tertiary alicyclic amines) is 1. The smallest absolute Gasteiger partial charge is 0.0646 e. The van der Waals surface area contributed by atoms with Crippen molar-refractivity contribution in [3.8, 4) is 0 Å². The van der Waals surface area contributed by atoms with Crippen LogP contribution in [-0.2, 0) is 0 Å². The zero-order valence-electron chi connectivity index (χ0n) is 10.3. The first-order chi connectivity index (χ1) is 8.42. The second-order valence-electron chi connectivity index (χ2n) is 5.27. The number of aromatic nitrogens is 2. The topological polar surface area (TPSA) is 21.1 Å². The molecule has 94 valence electrons.